The molecule has 0 bridgehead atoms. The highest BCUT2D eigenvalue weighted by molar-refractivity contribution is 7.90. The molecule has 1 fully saturated rings. The smallest absolute Gasteiger partial charge is 0.233 e. The summed E-state index contributed by atoms with van der Waals surface area (Å²) in [6.45, 7) is 0.473. The van der Waals surface area contributed by atoms with Crippen LogP contribution in [0.3, 0.4) is 0 Å². The van der Waals surface area contributed by atoms with Crippen molar-refractivity contribution >= 4 is 56.4 Å². The molecule has 1 aromatic heterocycles. The van der Waals surface area contributed by atoms with Gasteiger partial charge in [0.25, 0.3) is 0 Å². The maximum Gasteiger partial charge on any atom is 0.233 e. The van der Waals surface area contributed by atoms with Crippen molar-refractivity contribution in [1.82, 2.24) is 9.78 Å². The van der Waals surface area contributed by atoms with Crippen LogP contribution in [-0.2, 0) is 21.2 Å². The molecule has 0 spiro atoms. The number of nitrogens with one attached hydrogen (secondary N) is 1. The lowest BCUT2D eigenvalue weighted by atomic mass is 9.87. The minimum Gasteiger partial charge on any atom is -0.309 e. The van der Waals surface area contributed by atoms with E-state index in [2.05, 4.69) is 10.4 Å². The number of hydrogen-bond acceptors (Lipinski definition) is 4. The molecule has 1 amide bonds. The van der Waals surface area contributed by atoms with Crippen LogP contribution in [0.5, 0.6) is 0 Å². The number of rotatable bonds is 8. The van der Waals surface area contributed by atoms with E-state index >= 15 is 0 Å². The summed E-state index contributed by atoms with van der Waals surface area (Å²) in [7, 11) is -3.46. The Morgan fingerprint density at radius 3 is 2.46 bits per heavy atom. The summed E-state index contributed by atoms with van der Waals surface area (Å²) in [4.78, 5) is 13.4. The molecule has 1 N–H and O–H groups in total. The first kappa shape index (κ1) is 26.0. The zero-order chi connectivity index (χ0) is 25.2. The van der Waals surface area contributed by atoms with E-state index < -0.39 is 15.8 Å². The number of benzene rings is 2. The Hall–Kier alpha value is -2.06. The summed E-state index contributed by atoms with van der Waals surface area (Å²) in [5.41, 5.74) is 1.63. The summed E-state index contributed by atoms with van der Waals surface area (Å²) >= 11 is 18.4. The monoisotopic (exact) mass is 553 g/mol. The van der Waals surface area contributed by atoms with Gasteiger partial charge in [-0.15, -0.1) is 0 Å². The Balaban J connectivity index is 1.53. The second-order valence-electron chi connectivity index (χ2n) is 9.04. The van der Waals surface area contributed by atoms with Gasteiger partial charge in [-0.05, 0) is 47.7 Å². The van der Waals surface area contributed by atoms with Gasteiger partial charge in [-0.2, -0.15) is 5.10 Å². The fourth-order valence-electron chi connectivity index (χ4n) is 4.56. The van der Waals surface area contributed by atoms with Crippen LogP contribution >= 0.6 is 34.8 Å². The van der Waals surface area contributed by atoms with Gasteiger partial charge in [-0.1, -0.05) is 72.6 Å². The van der Waals surface area contributed by atoms with E-state index in [4.69, 9.17) is 34.8 Å². The molecule has 0 radical (unpaired) electrons. The van der Waals surface area contributed by atoms with Crippen LogP contribution in [0.15, 0.2) is 53.6 Å². The zero-order valence-electron chi connectivity index (χ0n) is 19.2. The van der Waals surface area contributed by atoms with Crippen molar-refractivity contribution in [2.75, 3.05) is 11.6 Å². The molecule has 35 heavy (non-hydrogen) atoms. The highest BCUT2D eigenvalue weighted by Gasteiger charge is 2.28. The average molecular weight is 555 g/mol. The number of sulfone groups is 1. The van der Waals surface area contributed by atoms with E-state index in [1.54, 1.807) is 41.2 Å². The highest BCUT2D eigenvalue weighted by Crippen LogP contribution is 2.36. The molecule has 1 saturated carbocycles. The second-order valence-corrected chi connectivity index (χ2v) is 12.2. The van der Waals surface area contributed by atoms with Crippen LogP contribution in [0.25, 0.3) is 0 Å². The molecule has 1 aliphatic carbocycles. The Bertz CT molecular complexity index is 1330. The Labute approximate surface area is 220 Å². The topological polar surface area (TPSA) is 81.1 Å². The number of hydrogen-bond donors (Lipinski definition) is 1. The van der Waals surface area contributed by atoms with Gasteiger partial charge in [0.05, 0.1) is 32.4 Å². The minimum absolute atomic E-state index is 0.0592. The molecule has 2 aromatic carbocycles. The van der Waals surface area contributed by atoms with E-state index in [-0.39, 0.29) is 15.8 Å². The second kappa shape index (κ2) is 10.9. The molecule has 10 heteroatoms. The fraction of sp³-hybridized carbons (Fsp3) is 0.360. The third-order valence-electron chi connectivity index (χ3n) is 6.34. The largest absolute Gasteiger partial charge is 0.309 e. The molecule has 0 aliphatic heterocycles. The van der Waals surface area contributed by atoms with Gasteiger partial charge in [0.1, 0.15) is 0 Å². The molecule has 1 aliphatic rings. The van der Waals surface area contributed by atoms with Gasteiger partial charge in [0.2, 0.25) is 5.91 Å². The number of aromatic nitrogens is 2. The summed E-state index contributed by atoms with van der Waals surface area (Å²) < 4.78 is 25.6. The highest BCUT2D eigenvalue weighted by atomic mass is 35.5. The lowest BCUT2D eigenvalue weighted by molar-refractivity contribution is -0.118. The molecule has 186 valence electrons. The van der Waals surface area contributed by atoms with Gasteiger partial charge >= 0.3 is 0 Å². The predicted octanol–water partition coefficient (Wildman–Crippen LogP) is 6.60. The Morgan fingerprint density at radius 1 is 1.06 bits per heavy atom. The first-order valence-electron chi connectivity index (χ1n) is 11.4. The predicted molar refractivity (Wildman–Crippen MR) is 140 cm³/mol. The van der Waals surface area contributed by atoms with Crippen molar-refractivity contribution in [3.05, 3.63) is 74.9 Å². The van der Waals surface area contributed by atoms with Crippen LogP contribution in [0, 0.1) is 5.92 Å². The van der Waals surface area contributed by atoms with E-state index in [1.807, 2.05) is 6.07 Å². The van der Waals surface area contributed by atoms with E-state index in [0.717, 1.165) is 37.5 Å². The van der Waals surface area contributed by atoms with Gasteiger partial charge in [-0.3, -0.25) is 9.48 Å². The normalized spacial score (nSPS) is 15.3. The lowest BCUT2D eigenvalue weighted by Gasteiger charge is -2.21. The standard InChI is InChI=1S/C25H26Cl3N3O3S/c1-35(33,34)23-9-7-18(14-22(23)28)19(12-16-4-2-3-5-16)25(32)29-24-10-11-31(30-24)15-17-6-8-20(26)21(27)13-17/h6-11,13-14,16,19H,2-5,12,15H2,1H3,(H,29,30,32)/t19-/m1/s1. The van der Waals surface area contributed by atoms with Crippen LogP contribution in [0.1, 0.15) is 49.1 Å². The molecule has 4 rings (SSSR count). The Kier molecular flexibility index (Phi) is 8.11. The number of nitrogens with zero attached hydrogens (tertiary/aromatic N) is 2. The van der Waals surface area contributed by atoms with Crippen molar-refractivity contribution in [3.8, 4) is 0 Å². The van der Waals surface area contributed by atoms with Crippen molar-refractivity contribution in [3.63, 3.8) is 0 Å². The summed E-state index contributed by atoms with van der Waals surface area (Å²) in [6.07, 6.45) is 8.05. The molecule has 6 nitrogen and oxygen atoms in total. The molecule has 1 heterocycles. The number of anilines is 1. The van der Waals surface area contributed by atoms with E-state index in [0.29, 0.717) is 40.3 Å². The van der Waals surface area contributed by atoms with Crippen molar-refractivity contribution in [2.45, 2.75) is 49.5 Å². The van der Waals surface area contributed by atoms with Crippen LogP contribution in [0.4, 0.5) is 5.82 Å². The summed E-state index contributed by atoms with van der Waals surface area (Å²) in [6, 6.07) is 11.9. The van der Waals surface area contributed by atoms with Gasteiger partial charge in [0.15, 0.2) is 15.7 Å². The molecule has 1 atom stereocenters. The number of carbonyl (C=O) groups is 1. The van der Waals surface area contributed by atoms with E-state index in [1.165, 1.54) is 6.07 Å². The molecular weight excluding hydrogens is 529 g/mol. The van der Waals surface area contributed by atoms with Crippen molar-refractivity contribution in [1.29, 1.82) is 0 Å². The van der Waals surface area contributed by atoms with Crippen LogP contribution in [-0.4, -0.2) is 30.4 Å². The minimum atomic E-state index is -3.46. The average Bonchev–Trinajstić information content (AvgIpc) is 3.45. The fourth-order valence-corrected chi connectivity index (χ4v) is 6.22. The summed E-state index contributed by atoms with van der Waals surface area (Å²) in [5, 5.41) is 8.48. The SMILES string of the molecule is CS(=O)(=O)c1ccc([C@@H](CC2CCCC2)C(=O)Nc2ccn(Cc3ccc(Cl)c(Cl)c3)n2)cc1Cl. The van der Waals surface area contributed by atoms with Crippen molar-refractivity contribution in [2.24, 2.45) is 5.92 Å². The van der Waals surface area contributed by atoms with Crippen LogP contribution < -0.4 is 5.32 Å². The molecule has 3 aromatic rings. The quantitative estimate of drug-likeness (QED) is 0.340. The maximum atomic E-state index is 13.4. The summed E-state index contributed by atoms with van der Waals surface area (Å²) in [5.74, 6) is 0.209. The van der Waals surface area contributed by atoms with Gasteiger partial charge in [0, 0.05) is 18.5 Å². The van der Waals surface area contributed by atoms with Gasteiger partial charge < -0.3 is 5.32 Å². The first-order valence-corrected chi connectivity index (χ1v) is 14.4. The van der Waals surface area contributed by atoms with Gasteiger partial charge in [-0.25, -0.2) is 8.42 Å². The molecule has 0 saturated heterocycles. The third kappa shape index (κ3) is 6.58. The number of carbonyl (C=O) groups excluding carboxylic acids is 1. The van der Waals surface area contributed by atoms with Crippen molar-refractivity contribution < 1.29 is 13.2 Å². The first-order chi connectivity index (χ1) is 16.6. The number of halogens is 3. The Morgan fingerprint density at radius 2 is 1.80 bits per heavy atom. The lowest BCUT2D eigenvalue weighted by Crippen LogP contribution is -2.23. The maximum absolute atomic E-state index is 13.4. The zero-order valence-corrected chi connectivity index (χ0v) is 22.3. The molecular formula is C25H26Cl3N3O3S. The molecule has 0 unspecified atom stereocenters. The van der Waals surface area contributed by atoms with E-state index in [9.17, 15) is 13.2 Å². The van der Waals surface area contributed by atoms with Crippen LogP contribution in [0.2, 0.25) is 15.1 Å². The number of amides is 1. The third-order valence-corrected chi connectivity index (χ3v) is 8.66.